The van der Waals surface area contributed by atoms with Crippen LogP contribution in [0.4, 0.5) is 0 Å². The number of rotatable bonds is 2. The molecule has 1 aromatic heterocycles. The molecule has 1 heterocycles. The van der Waals surface area contributed by atoms with Gasteiger partial charge in [0.1, 0.15) is 5.01 Å². The van der Waals surface area contributed by atoms with Crippen LogP contribution in [0, 0.1) is 0 Å². The van der Waals surface area contributed by atoms with Gasteiger partial charge in [0.25, 0.3) is 0 Å². The third-order valence-electron chi connectivity index (χ3n) is 2.05. The van der Waals surface area contributed by atoms with Crippen molar-refractivity contribution in [1.29, 1.82) is 0 Å². The van der Waals surface area contributed by atoms with E-state index in [1.807, 2.05) is 36.6 Å². The molecular formula is C11H11BrN2S. The summed E-state index contributed by atoms with van der Waals surface area (Å²) < 4.78 is 1.08. The molecule has 78 valence electrons. The van der Waals surface area contributed by atoms with Gasteiger partial charge in [-0.05, 0) is 19.1 Å². The van der Waals surface area contributed by atoms with Crippen molar-refractivity contribution in [2.24, 2.45) is 5.73 Å². The fraction of sp³-hybridized carbons (Fsp3) is 0.182. The standard InChI is InChI=1S/C11H11BrN2S/c1-7(13)11-14-10(6-15-11)8-2-4-9(12)5-3-8/h2-7H,13H2,1H3. The van der Waals surface area contributed by atoms with Crippen LogP contribution in [0.2, 0.25) is 0 Å². The molecule has 0 aliphatic rings. The second kappa shape index (κ2) is 4.43. The molecule has 0 aliphatic heterocycles. The summed E-state index contributed by atoms with van der Waals surface area (Å²) in [4.78, 5) is 4.49. The number of nitrogens with two attached hydrogens (primary N) is 1. The Labute approximate surface area is 101 Å². The van der Waals surface area contributed by atoms with Crippen molar-refractivity contribution in [1.82, 2.24) is 4.98 Å². The molecule has 0 amide bonds. The van der Waals surface area contributed by atoms with Crippen molar-refractivity contribution < 1.29 is 0 Å². The molecule has 1 atom stereocenters. The van der Waals surface area contributed by atoms with Gasteiger partial charge in [-0.3, -0.25) is 0 Å². The Bertz CT molecular complexity index is 448. The number of hydrogen-bond donors (Lipinski definition) is 1. The molecule has 0 spiro atoms. The van der Waals surface area contributed by atoms with Crippen LogP contribution < -0.4 is 5.73 Å². The van der Waals surface area contributed by atoms with E-state index in [2.05, 4.69) is 20.9 Å². The topological polar surface area (TPSA) is 38.9 Å². The van der Waals surface area contributed by atoms with E-state index in [-0.39, 0.29) is 6.04 Å². The lowest BCUT2D eigenvalue weighted by atomic mass is 10.2. The van der Waals surface area contributed by atoms with E-state index in [9.17, 15) is 0 Å². The molecule has 0 radical (unpaired) electrons. The molecule has 0 saturated heterocycles. The van der Waals surface area contributed by atoms with E-state index in [1.54, 1.807) is 11.3 Å². The van der Waals surface area contributed by atoms with Gasteiger partial charge in [0, 0.05) is 15.4 Å². The highest BCUT2D eigenvalue weighted by Crippen LogP contribution is 2.25. The number of hydrogen-bond acceptors (Lipinski definition) is 3. The Balaban J connectivity index is 2.33. The second-order valence-corrected chi connectivity index (χ2v) is 5.17. The van der Waals surface area contributed by atoms with Gasteiger partial charge in [-0.2, -0.15) is 0 Å². The van der Waals surface area contributed by atoms with Crippen LogP contribution in [-0.2, 0) is 0 Å². The molecule has 0 aliphatic carbocycles. The van der Waals surface area contributed by atoms with Crippen LogP contribution in [0.1, 0.15) is 18.0 Å². The first-order valence-corrected chi connectivity index (χ1v) is 6.31. The van der Waals surface area contributed by atoms with Gasteiger partial charge >= 0.3 is 0 Å². The molecule has 2 nitrogen and oxygen atoms in total. The minimum absolute atomic E-state index is 0.0131. The molecule has 4 heteroatoms. The number of halogens is 1. The lowest BCUT2D eigenvalue weighted by Crippen LogP contribution is -2.03. The predicted octanol–water partition coefficient (Wildman–Crippen LogP) is 3.59. The molecule has 0 fully saturated rings. The van der Waals surface area contributed by atoms with Crippen LogP contribution >= 0.6 is 27.3 Å². The first kappa shape index (κ1) is 10.8. The van der Waals surface area contributed by atoms with Gasteiger partial charge < -0.3 is 5.73 Å². The van der Waals surface area contributed by atoms with Gasteiger partial charge in [0.2, 0.25) is 0 Å². The predicted molar refractivity (Wildman–Crippen MR) is 67.9 cm³/mol. The summed E-state index contributed by atoms with van der Waals surface area (Å²) in [6.45, 7) is 1.95. The Hall–Kier alpha value is -0.710. The zero-order valence-electron chi connectivity index (χ0n) is 8.27. The molecule has 2 N–H and O–H groups in total. The summed E-state index contributed by atoms with van der Waals surface area (Å²) in [5, 5.41) is 3.02. The summed E-state index contributed by atoms with van der Waals surface area (Å²) in [5.74, 6) is 0. The highest BCUT2D eigenvalue weighted by Gasteiger charge is 2.07. The highest BCUT2D eigenvalue weighted by atomic mass is 79.9. The molecule has 1 unspecified atom stereocenters. The lowest BCUT2D eigenvalue weighted by molar-refractivity contribution is 0.808. The molecule has 0 bridgehead atoms. The molecule has 0 saturated carbocycles. The van der Waals surface area contributed by atoms with Crippen molar-refractivity contribution in [2.45, 2.75) is 13.0 Å². The number of benzene rings is 1. The first-order chi connectivity index (χ1) is 7.16. The molecular weight excluding hydrogens is 272 g/mol. The summed E-state index contributed by atoms with van der Waals surface area (Å²) in [5.41, 5.74) is 7.90. The van der Waals surface area contributed by atoms with Gasteiger partial charge in [-0.1, -0.05) is 28.1 Å². The normalized spacial score (nSPS) is 12.7. The van der Waals surface area contributed by atoms with Crippen LogP contribution in [0.25, 0.3) is 11.3 Å². The minimum Gasteiger partial charge on any atom is -0.322 e. The van der Waals surface area contributed by atoms with E-state index in [0.29, 0.717) is 0 Å². The van der Waals surface area contributed by atoms with E-state index in [4.69, 9.17) is 5.73 Å². The summed E-state index contributed by atoms with van der Waals surface area (Å²) in [6, 6.07) is 8.13. The maximum Gasteiger partial charge on any atom is 0.110 e. The summed E-state index contributed by atoms with van der Waals surface area (Å²) in [6.07, 6.45) is 0. The Morgan fingerprint density at radius 3 is 2.53 bits per heavy atom. The Kier molecular flexibility index (Phi) is 3.19. The van der Waals surface area contributed by atoms with Gasteiger partial charge in [0.05, 0.1) is 11.7 Å². The smallest absolute Gasteiger partial charge is 0.110 e. The zero-order chi connectivity index (χ0) is 10.8. The third-order valence-corrected chi connectivity index (χ3v) is 3.63. The largest absolute Gasteiger partial charge is 0.322 e. The van der Waals surface area contributed by atoms with Crippen molar-refractivity contribution in [3.63, 3.8) is 0 Å². The average Bonchev–Trinajstić information content (AvgIpc) is 2.68. The summed E-state index contributed by atoms with van der Waals surface area (Å²) in [7, 11) is 0. The van der Waals surface area contributed by atoms with E-state index in [0.717, 1.165) is 20.7 Å². The maximum atomic E-state index is 5.77. The fourth-order valence-electron chi connectivity index (χ4n) is 1.25. The molecule has 2 aromatic rings. The summed E-state index contributed by atoms with van der Waals surface area (Å²) >= 11 is 5.02. The van der Waals surface area contributed by atoms with Crippen molar-refractivity contribution in [3.8, 4) is 11.3 Å². The van der Waals surface area contributed by atoms with E-state index in [1.165, 1.54) is 0 Å². The average molecular weight is 283 g/mol. The Morgan fingerprint density at radius 1 is 1.33 bits per heavy atom. The first-order valence-electron chi connectivity index (χ1n) is 4.64. The molecule has 15 heavy (non-hydrogen) atoms. The number of thiazole rings is 1. The number of aromatic nitrogens is 1. The van der Waals surface area contributed by atoms with Crippen LogP contribution in [0.5, 0.6) is 0 Å². The van der Waals surface area contributed by atoms with E-state index >= 15 is 0 Å². The lowest BCUT2D eigenvalue weighted by Gasteiger charge is -1.98. The third kappa shape index (κ3) is 2.45. The van der Waals surface area contributed by atoms with Gasteiger partial charge in [0.15, 0.2) is 0 Å². The van der Waals surface area contributed by atoms with Crippen LogP contribution in [-0.4, -0.2) is 4.98 Å². The highest BCUT2D eigenvalue weighted by molar-refractivity contribution is 9.10. The van der Waals surface area contributed by atoms with Crippen LogP contribution in [0.15, 0.2) is 34.1 Å². The quantitative estimate of drug-likeness (QED) is 0.914. The maximum absolute atomic E-state index is 5.77. The monoisotopic (exact) mass is 282 g/mol. The Morgan fingerprint density at radius 2 is 2.00 bits per heavy atom. The fourth-order valence-corrected chi connectivity index (χ4v) is 2.30. The molecule has 2 rings (SSSR count). The second-order valence-electron chi connectivity index (χ2n) is 3.37. The molecule has 1 aromatic carbocycles. The van der Waals surface area contributed by atoms with Crippen molar-refractivity contribution >= 4 is 27.3 Å². The van der Waals surface area contributed by atoms with Gasteiger partial charge in [-0.15, -0.1) is 11.3 Å². The SMILES string of the molecule is CC(N)c1nc(-c2ccc(Br)cc2)cs1. The number of nitrogens with zero attached hydrogens (tertiary/aromatic N) is 1. The minimum atomic E-state index is 0.0131. The van der Waals surface area contributed by atoms with Crippen molar-refractivity contribution in [2.75, 3.05) is 0 Å². The van der Waals surface area contributed by atoms with E-state index < -0.39 is 0 Å². The van der Waals surface area contributed by atoms with Crippen LogP contribution in [0.3, 0.4) is 0 Å². The van der Waals surface area contributed by atoms with Gasteiger partial charge in [-0.25, -0.2) is 4.98 Å². The van der Waals surface area contributed by atoms with Crippen molar-refractivity contribution in [3.05, 3.63) is 39.1 Å². The zero-order valence-corrected chi connectivity index (χ0v) is 10.7.